The highest BCUT2D eigenvalue weighted by atomic mass is 79.9. The number of aromatic nitrogens is 2. The standard InChI is InChI=1S/C11H9BrN2O/c1-15-10-5-3-2-4-8(10)9-6-13-7-11(12)14-9/h2-7H,1H3. The van der Waals surface area contributed by atoms with Crippen molar-refractivity contribution in [3.8, 4) is 17.0 Å². The van der Waals surface area contributed by atoms with E-state index in [1.165, 1.54) is 0 Å². The Morgan fingerprint density at radius 2 is 2.00 bits per heavy atom. The summed E-state index contributed by atoms with van der Waals surface area (Å²) in [7, 11) is 1.64. The van der Waals surface area contributed by atoms with E-state index in [-0.39, 0.29) is 0 Å². The molecule has 0 aliphatic heterocycles. The number of hydrogen-bond acceptors (Lipinski definition) is 3. The van der Waals surface area contributed by atoms with E-state index in [1.807, 2.05) is 24.3 Å². The van der Waals surface area contributed by atoms with Gasteiger partial charge in [0.15, 0.2) is 0 Å². The molecule has 0 radical (unpaired) electrons. The third-order valence-electron chi connectivity index (χ3n) is 1.99. The highest BCUT2D eigenvalue weighted by Crippen LogP contribution is 2.27. The van der Waals surface area contributed by atoms with Gasteiger partial charge in [0.05, 0.1) is 25.2 Å². The molecule has 15 heavy (non-hydrogen) atoms. The van der Waals surface area contributed by atoms with Crippen molar-refractivity contribution in [3.63, 3.8) is 0 Å². The van der Waals surface area contributed by atoms with E-state index in [2.05, 4.69) is 25.9 Å². The van der Waals surface area contributed by atoms with E-state index < -0.39 is 0 Å². The minimum absolute atomic E-state index is 0.714. The van der Waals surface area contributed by atoms with Gasteiger partial charge in [-0.2, -0.15) is 0 Å². The summed E-state index contributed by atoms with van der Waals surface area (Å²) < 4.78 is 5.97. The van der Waals surface area contributed by atoms with Gasteiger partial charge in [0.2, 0.25) is 0 Å². The van der Waals surface area contributed by atoms with Crippen LogP contribution in [0.1, 0.15) is 0 Å². The van der Waals surface area contributed by atoms with Crippen LogP contribution in [0.3, 0.4) is 0 Å². The molecule has 0 aliphatic carbocycles. The third-order valence-corrected chi connectivity index (χ3v) is 2.37. The van der Waals surface area contributed by atoms with E-state index in [0.717, 1.165) is 17.0 Å². The van der Waals surface area contributed by atoms with E-state index in [0.29, 0.717) is 4.60 Å². The van der Waals surface area contributed by atoms with Gasteiger partial charge in [0.1, 0.15) is 10.4 Å². The zero-order valence-electron chi connectivity index (χ0n) is 8.14. The van der Waals surface area contributed by atoms with Crippen LogP contribution < -0.4 is 4.74 Å². The minimum Gasteiger partial charge on any atom is -0.496 e. The normalized spacial score (nSPS) is 10.0. The highest BCUT2D eigenvalue weighted by molar-refractivity contribution is 9.10. The maximum atomic E-state index is 5.26. The number of rotatable bonds is 2. The summed E-state index contributed by atoms with van der Waals surface area (Å²) in [5.41, 5.74) is 1.73. The second kappa shape index (κ2) is 4.40. The summed E-state index contributed by atoms with van der Waals surface area (Å²) in [6.07, 6.45) is 3.36. The van der Waals surface area contributed by atoms with Crippen molar-refractivity contribution in [1.29, 1.82) is 0 Å². The lowest BCUT2D eigenvalue weighted by molar-refractivity contribution is 0.416. The van der Waals surface area contributed by atoms with Crippen LogP contribution in [0.2, 0.25) is 0 Å². The molecule has 3 nitrogen and oxygen atoms in total. The van der Waals surface area contributed by atoms with Crippen molar-refractivity contribution in [2.45, 2.75) is 0 Å². The topological polar surface area (TPSA) is 35.0 Å². The van der Waals surface area contributed by atoms with Crippen LogP contribution in [0, 0.1) is 0 Å². The maximum absolute atomic E-state index is 5.26. The Morgan fingerprint density at radius 3 is 2.73 bits per heavy atom. The number of benzene rings is 1. The Balaban J connectivity index is 2.53. The fourth-order valence-corrected chi connectivity index (χ4v) is 1.64. The van der Waals surface area contributed by atoms with E-state index in [9.17, 15) is 0 Å². The molecule has 0 fully saturated rings. The minimum atomic E-state index is 0.714. The first-order valence-corrected chi connectivity index (χ1v) is 5.21. The summed E-state index contributed by atoms with van der Waals surface area (Å²) in [4.78, 5) is 8.40. The maximum Gasteiger partial charge on any atom is 0.128 e. The molecule has 0 unspecified atom stereocenters. The molecular weight excluding hydrogens is 256 g/mol. The zero-order chi connectivity index (χ0) is 10.7. The summed E-state index contributed by atoms with van der Waals surface area (Å²) in [6.45, 7) is 0. The van der Waals surface area contributed by atoms with Crippen LogP contribution in [0.15, 0.2) is 41.3 Å². The molecule has 76 valence electrons. The number of nitrogens with zero attached hydrogens (tertiary/aromatic N) is 2. The SMILES string of the molecule is COc1ccccc1-c1cncc(Br)n1. The largest absolute Gasteiger partial charge is 0.496 e. The Labute approximate surface area is 96.3 Å². The van der Waals surface area contributed by atoms with Gasteiger partial charge < -0.3 is 4.74 Å². The highest BCUT2D eigenvalue weighted by Gasteiger charge is 2.06. The number of para-hydroxylation sites is 1. The van der Waals surface area contributed by atoms with Crippen molar-refractivity contribution >= 4 is 15.9 Å². The van der Waals surface area contributed by atoms with E-state index in [4.69, 9.17) is 4.74 Å². The van der Waals surface area contributed by atoms with Crippen LogP contribution >= 0.6 is 15.9 Å². The van der Waals surface area contributed by atoms with Gasteiger partial charge in [-0.1, -0.05) is 12.1 Å². The molecule has 0 bridgehead atoms. The van der Waals surface area contributed by atoms with E-state index >= 15 is 0 Å². The van der Waals surface area contributed by atoms with Crippen molar-refractivity contribution in [2.24, 2.45) is 0 Å². The van der Waals surface area contributed by atoms with Crippen LogP contribution in [-0.4, -0.2) is 17.1 Å². The average Bonchev–Trinajstić information content (AvgIpc) is 2.29. The molecule has 0 amide bonds. The molecule has 4 heteroatoms. The monoisotopic (exact) mass is 264 g/mol. The molecule has 0 atom stereocenters. The Hall–Kier alpha value is -1.42. The second-order valence-corrected chi connectivity index (χ2v) is 3.74. The molecule has 1 aromatic carbocycles. The summed E-state index contributed by atoms with van der Waals surface area (Å²) >= 11 is 3.29. The predicted octanol–water partition coefficient (Wildman–Crippen LogP) is 2.91. The first-order chi connectivity index (χ1) is 7.31. The fourth-order valence-electron chi connectivity index (χ4n) is 1.33. The van der Waals surface area contributed by atoms with Gasteiger partial charge in [0, 0.05) is 5.56 Å². The van der Waals surface area contributed by atoms with Gasteiger partial charge >= 0.3 is 0 Å². The van der Waals surface area contributed by atoms with Crippen molar-refractivity contribution in [3.05, 3.63) is 41.3 Å². The van der Waals surface area contributed by atoms with Gasteiger partial charge in [0.25, 0.3) is 0 Å². The molecule has 0 saturated carbocycles. The van der Waals surface area contributed by atoms with Crippen molar-refractivity contribution in [2.75, 3.05) is 7.11 Å². The third kappa shape index (κ3) is 2.15. The smallest absolute Gasteiger partial charge is 0.128 e. The Kier molecular flexibility index (Phi) is 2.97. The van der Waals surface area contributed by atoms with Crippen LogP contribution in [0.4, 0.5) is 0 Å². The summed E-state index contributed by atoms with van der Waals surface area (Å²) in [6, 6.07) is 7.72. The molecule has 0 saturated heterocycles. The fraction of sp³-hybridized carbons (Fsp3) is 0.0909. The molecule has 0 spiro atoms. The molecule has 1 heterocycles. The van der Waals surface area contributed by atoms with Gasteiger partial charge in [-0.3, -0.25) is 4.98 Å². The molecule has 2 rings (SSSR count). The van der Waals surface area contributed by atoms with Gasteiger partial charge in [-0.15, -0.1) is 0 Å². The Morgan fingerprint density at radius 1 is 1.20 bits per heavy atom. The van der Waals surface area contributed by atoms with Crippen LogP contribution in [0.25, 0.3) is 11.3 Å². The molecule has 0 aliphatic rings. The number of methoxy groups -OCH3 is 1. The second-order valence-electron chi connectivity index (χ2n) is 2.93. The number of ether oxygens (including phenoxy) is 1. The lowest BCUT2D eigenvalue weighted by Crippen LogP contribution is -1.90. The van der Waals surface area contributed by atoms with Crippen molar-refractivity contribution < 1.29 is 4.74 Å². The lowest BCUT2D eigenvalue weighted by Gasteiger charge is -2.06. The summed E-state index contributed by atoms with van der Waals surface area (Å²) in [5.74, 6) is 0.796. The molecular formula is C11H9BrN2O. The van der Waals surface area contributed by atoms with E-state index in [1.54, 1.807) is 19.5 Å². The van der Waals surface area contributed by atoms with Crippen LogP contribution in [-0.2, 0) is 0 Å². The van der Waals surface area contributed by atoms with Gasteiger partial charge in [-0.25, -0.2) is 4.98 Å². The number of halogens is 1. The quantitative estimate of drug-likeness (QED) is 0.837. The lowest BCUT2D eigenvalue weighted by atomic mass is 10.1. The summed E-state index contributed by atoms with van der Waals surface area (Å²) in [5, 5.41) is 0. The van der Waals surface area contributed by atoms with Crippen LogP contribution in [0.5, 0.6) is 5.75 Å². The molecule has 0 N–H and O–H groups in total. The molecule has 1 aromatic heterocycles. The molecule has 2 aromatic rings. The van der Waals surface area contributed by atoms with Gasteiger partial charge in [-0.05, 0) is 28.1 Å². The first kappa shape index (κ1) is 10.1. The zero-order valence-corrected chi connectivity index (χ0v) is 9.73. The first-order valence-electron chi connectivity index (χ1n) is 4.42. The Bertz CT molecular complexity index is 474. The van der Waals surface area contributed by atoms with Crippen molar-refractivity contribution in [1.82, 2.24) is 9.97 Å². The number of hydrogen-bond donors (Lipinski definition) is 0. The average molecular weight is 265 g/mol. The predicted molar refractivity (Wildman–Crippen MR) is 61.7 cm³/mol.